The van der Waals surface area contributed by atoms with Crippen molar-refractivity contribution in [1.82, 2.24) is 4.90 Å². The number of hydrogen-bond donors (Lipinski definition) is 1. The number of carbonyl (C=O) groups excluding carboxylic acids is 2. The lowest BCUT2D eigenvalue weighted by Crippen LogP contribution is -2.52. The lowest BCUT2D eigenvalue weighted by Gasteiger charge is -2.36. The van der Waals surface area contributed by atoms with Gasteiger partial charge in [0.15, 0.2) is 5.78 Å². The Morgan fingerprint density at radius 2 is 2.00 bits per heavy atom. The van der Waals surface area contributed by atoms with Gasteiger partial charge in [0.2, 0.25) is 5.91 Å². The molecule has 6 rings (SSSR count). The van der Waals surface area contributed by atoms with E-state index in [4.69, 9.17) is 11.6 Å². The second kappa shape index (κ2) is 7.42. The summed E-state index contributed by atoms with van der Waals surface area (Å²) >= 11 is 9.26. The molecule has 3 aromatic rings. The van der Waals surface area contributed by atoms with Gasteiger partial charge in [-0.1, -0.05) is 29.8 Å². The summed E-state index contributed by atoms with van der Waals surface area (Å²) < 4.78 is 14.5. The Morgan fingerprint density at radius 3 is 2.75 bits per heavy atom. The zero-order valence-electron chi connectivity index (χ0n) is 16.8. The first-order chi connectivity index (χ1) is 15.5. The number of hydrogen-bond acceptors (Lipinski definition) is 5. The smallest absolute Gasteiger partial charge is 0.250 e. The lowest BCUT2D eigenvalue weighted by atomic mass is 9.70. The molecule has 3 aliphatic heterocycles. The molecular formula is C24H18ClFN2O2S2. The maximum atomic E-state index is 14.5. The van der Waals surface area contributed by atoms with Crippen LogP contribution in [0.1, 0.15) is 26.7 Å². The third-order valence-corrected chi connectivity index (χ3v) is 9.06. The van der Waals surface area contributed by atoms with E-state index < -0.39 is 17.3 Å². The van der Waals surface area contributed by atoms with Gasteiger partial charge in [-0.3, -0.25) is 14.5 Å². The van der Waals surface area contributed by atoms with E-state index >= 15 is 0 Å². The molecule has 0 saturated carbocycles. The van der Waals surface area contributed by atoms with Gasteiger partial charge in [-0.15, -0.1) is 23.1 Å². The highest BCUT2D eigenvalue weighted by atomic mass is 35.5. The third kappa shape index (κ3) is 2.71. The second-order valence-electron chi connectivity index (χ2n) is 8.34. The fourth-order valence-electron chi connectivity index (χ4n) is 5.68. The number of thioether (sulfide) groups is 1. The number of nitrogens with zero attached hydrogens (tertiary/aromatic N) is 1. The number of anilines is 1. The average molecular weight is 485 g/mol. The van der Waals surface area contributed by atoms with E-state index in [0.717, 1.165) is 11.3 Å². The molecule has 0 aliphatic carbocycles. The number of thiophene rings is 1. The highest BCUT2D eigenvalue weighted by Crippen LogP contribution is 2.61. The monoisotopic (exact) mass is 484 g/mol. The quantitative estimate of drug-likeness (QED) is 0.508. The van der Waals surface area contributed by atoms with Crippen LogP contribution >= 0.6 is 34.7 Å². The maximum Gasteiger partial charge on any atom is 0.250 e. The molecule has 3 aliphatic rings. The molecule has 162 valence electrons. The molecular weight excluding hydrogens is 467 g/mol. The van der Waals surface area contributed by atoms with Crippen molar-refractivity contribution in [1.29, 1.82) is 0 Å². The predicted octanol–water partition coefficient (Wildman–Crippen LogP) is 5.36. The van der Waals surface area contributed by atoms with Crippen molar-refractivity contribution >= 4 is 52.1 Å². The molecule has 4 nitrogen and oxygen atoms in total. The van der Waals surface area contributed by atoms with Crippen LogP contribution < -0.4 is 5.32 Å². The highest BCUT2D eigenvalue weighted by molar-refractivity contribution is 7.99. The topological polar surface area (TPSA) is 49.4 Å². The first-order valence-corrected chi connectivity index (χ1v) is 12.7. The van der Waals surface area contributed by atoms with Gasteiger partial charge in [-0.05, 0) is 47.3 Å². The second-order valence-corrected chi connectivity index (χ2v) is 10.7. The summed E-state index contributed by atoms with van der Waals surface area (Å²) in [5.41, 5.74) is 0.849. The van der Waals surface area contributed by atoms with Crippen LogP contribution in [0.2, 0.25) is 5.02 Å². The van der Waals surface area contributed by atoms with Crippen LogP contribution in [-0.4, -0.2) is 34.3 Å². The summed E-state index contributed by atoms with van der Waals surface area (Å²) in [4.78, 5) is 30.6. The summed E-state index contributed by atoms with van der Waals surface area (Å²) in [6, 6.07) is 15.5. The molecule has 1 N–H and O–H groups in total. The summed E-state index contributed by atoms with van der Waals surface area (Å²) in [7, 11) is 0. The van der Waals surface area contributed by atoms with Crippen LogP contribution in [0.4, 0.5) is 10.1 Å². The molecule has 4 heterocycles. The number of benzene rings is 2. The Hall–Kier alpha value is -2.19. The minimum atomic E-state index is -1.25. The molecule has 0 radical (unpaired) electrons. The number of ketones is 1. The van der Waals surface area contributed by atoms with E-state index in [1.54, 1.807) is 23.9 Å². The molecule has 8 heteroatoms. The van der Waals surface area contributed by atoms with Gasteiger partial charge in [0.25, 0.3) is 0 Å². The number of carbonyl (C=O) groups is 2. The van der Waals surface area contributed by atoms with Gasteiger partial charge in [-0.2, -0.15) is 0 Å². The number of nitrogens with one attached hydrogen (secondary N) is 1. The van der Waals surface area contributed by atoms with E-state index in [1.807, 2.05) is 35.7 Å². The van der Waals surface area contributed by atoms with Crippen molar-refractivity contribution < 1.29 is 14.0 Å². The van der Waals surface area contributed by atoms with Gasteiger partial charge < -0.3 is 5.32 Å². The Labute approximate surface area is 197 Å². The lowest BCUT2D eigenvalue weighted by molar-refractivity contribution is -0.127. The van der Waals surface area contributed by atoms with E-state index in [-0.39, 0.29) is 23.7 Å². The van der Waals surface area contributed by atoms with E-state index in [9.17, 15) is 14.0 Å². The van der Waals surface area contributed by atoms with E-state index in [1.165, 1.54) is 23.5 Å². The van der Waals surface area contributed by atoms with E-state index in [2.05, 4.69) is 10.2 Å². The fourth-order valence-corrected chi connectivity index (χ4v) is 7.83. The molecule has 1 spiro atoms. The van der Waals surface area contributed by atoms with Crippen molar-refractivity contribution in [2.24, 2.45) is 5.92 Å². The molecule has 2 fully saturated rings. The Bertz CT molecular complexity index is 1230. The van der Waals surface area contributed by atoms with Gasteiger partial charge >= 0.3 is 0 Å². The number of amides is 1. The van der Waals surface area contributed by atoms with Crippen LogP contribution in [0.15, 0.2) is 60.0 Å². The largest absolute Gasteiger partial charge is 0.324 e. The van der Waals surface area contributed by atoms with Crippen LogP contribution in [-0.2, 0) is 10.3 Å². The number of fused-ring (bicyclic) bond motifs is 4. The summed E-state index contributed by atoms with van der Waals surface area (Å²) in [5.74, 6) is -0.259. The van der Waals surface area contributed by atoms with Crippen molar-refractivity contribution in [3.8, 4) is 0 Å². The summed E-state index contributed by atoms with van der Waals surface area (Å²) in [6.45, 7) is 0. The van der Waals surface area contributed by atoms with Crippen LogP contribution in [0.5, 0.6) is 0 Å². The number of rotatable bonds is 3. The summed E-state index contributed by atoms with van der Waals surface area (Å²) in [5, 5.41) is 5.44. The summed E-state index contributed by atoms with van der Waals surface area (Å²) in [6.07, 6.45) is 0. The fraction of sp³-hybridized carbons (Fsp3) is 0.250. The third-order valence-electron chi connectivity index (χ3n) is 6.88. The zero-order chi connectivity index (χ0) is 22.0. The minimum Gasteiger partial charge on any atom is -0.324 e. The van der Waals surface area contributed by atoms with E-state index in [0.29, 0.717) is 27.0 Å². The number of Topliss-reactive ketones (excluding diaryl/α,β-unsaturated/α-hetero) is 1. The van der Waals surface area contributed by atoms with Crippen molar-refractivity contribution in [3.05, 3.63) is 86.8 Å². The molecule has 1 aromatic heterocycles. The van der Waals surface area contributed by atoms with Gasteiger partial charge in [-0.25, -0.2) is 4.39 Å². The molecule has 2 aromatic carbocycles. The molecule has 0 unspecified atom stereocenters. The maximum absolute atomic E-state index is 14.5. The van der Waals surface area contributed by atoms with Crippen molar-refractivity contribution in [2.75, 3.05) is 16.9 Å². The number of halogens is 2. The zero-order valence-corrected chi connectivity index (χ0v) is 19.1. The van der Waals surface area contributed by atoms with Gasteiger partial charge in [0, 0.05) is 39.9 Å². The van der Waals surface area contributed by atoms with Crippen LogP contribution in [0.3, 0.4) is 0 Å². The molecule has 1 amide bonds. The first kappa shape index (κ1) is 20.4. The van der Waals surface area contributed by atoms with Crippen molar-refractivity contribution in [3.63, 3.8) is 0 Å². The SMILES string of the molecule is O=C(c1cccs1)[C@@H]1[C@@H](c2ccc(Cl)cc2)[C@@H]2CSCN2[C@@]12C(=O)Nc1ccc(F)cc12. The van der Waals surface area contributed by atoms with Crippen LogP contribution in [0.25, 0.3) is 0 Å². The molecule has 32 heavy (non-hydrogen) atoms. The van der Waals surface area contributed by atoms with Gasteiger partial charge in [0.05, 0.1) is 10.8 Å². The molecule has 0 bridgehead atoms. The Morgan fingerprint density at radius 1 is 1.19 bits per heavy atom. The highest BCUT2D eigenvalue weighted by Gasteiger charge is 2.69. The minimum absolute atomic E-state index is 0.0324. The standard InChI is InChI=1S/C24H18ClFN2O2S2/c25-14-5-3-13(4-6-14)20-18-11-31-12-28(18)24(21(20)22(29)19-2-1-9-32-19)16-10-15(26)7-8-17(16)27-23(24)30/h1-10,18,20-21H,11-12H2,(H,27,30)/t18-,20-,21-,24+/m0/s1. The molecule has 4 atom stereocenters. The average Bonchev–Trinajstić information content (AvgIpc) is 3.55. The first-order valence-electron chi connectivity index (χ1n) is 10.3. The van der Waals surface area contributed by atoms with Gasteiger partial charge in [0.1, 0.15) is 11.4 Å². The predicted molar refractivity (Wildman–Crippen MR) is 126 cm³/mol. The Balaban J connectivity index is 1.63. The normalized spacial score (nSPS) is 28.7. The van der Waals surface area contributed by atoms with Crippen molar-refractivity contribution in [2.45, 2.75) is 17.5 Å². The molecule has 2 saturated heterocycles. The Kier molecular flexibility index (Phi) is 4.73. The van der Waals surface area contributed by atoms with Crippen LogP contribution in [0, 0.1) is 11.7 Å².